The van der Waals surface area contributed by atoms with Gasteiger partial charge < -0.3 is 4.74 Å². The van der Waals surface area contributed by atoms with E-state index in [-0.39, 0.29) is 0 Å². The highest BCUT2D eigenvalue weighted by molar-refractivity contribution is 5.26. The summed E-state index contributed by atoms with van der Waals surface area (Å²) in [5, 5.41) is 0. The van der Waals surface area contributed by atoms with Gasteiger partial charge in [0.1, 0.15) is 12.4 Å². The second-order valence-corrected chi connectivity index (χ2v) is 4.69. The summed E-state index contributed by atoms with van der Waals surface area (Å²) in [5.74, 6) is 0.984. The predicted molar refractivity (Wildman–Crippen MR) is 66.9 cm³/mol. The van der Waals surface area contributed by atoms with E-state index in [0.717, 1.165) is 24.9 Å². The van der Waals surface area contributed by atoms with Crippen molar-refractivity contribution < 1.29 is 4.74 Å². The van der Waals surface area contributed by atoms with Crippen LogP contribution in [0.4, 0.5) is 0 Å². The van der Waals surface area contributed by atoms with Crippen molar-refractivity contribution in [3.63, 3.8) is 0 Å². The first-order valence-corrected chi connectivity index (χ1v) is 6.19. The Morgan fingerprint density at radius 1 is 1.31 bits per heavy atom. The number of nitrogens with zero attached hydrogens (tertiary/aromatic N) is 1. The monoisotopic (exact) mass is 219 g/mol. The van der Waals surface area contributed by atoms with Crippen LogP contribution in [0.3, 0.4) is 0 Å². The minimum atomic E-state index is 0.738. The highest BCUT2D eigenvalue weighted by Gasteiger charge is 2.19. The fourth-order valence-electron chi connectivity index (χ4n) is 2.24. The number of benzene rings is 1. The largest absolute Gasteiger partial charge is 0.492 e. The maximum Gasteiger partial charge on any atom is 0.119 e. The number of hydrogen-bond donors (Lipinski definition) is 0. The van der Waals surface area contributed by atoms with Crippen LogP contribution in [0, 0.1) is 6.92 Å². The van der Waals surface area contributed by atoms with Crippen LogP contribution in [-0.2, 0) is 0 Å². The van der Waals surface area contributed by atoms with Crippen LogP contribution < -0.4 is 4.74 Å². The molecule has 1 aliphatic heterocycles. The van der Waals surface area contributed by atoms with Crippen LogP contribution >= 0.6 is 0 Å². The Bertz CT molecular complexity index is 320. The first-order valence-electron chi connectivity index (χ1n) is 6.19. The van der Waals surface area contributed by atoms with E-state index in [4.69, 9.17) is 4.74 Å². The van der Waals surface area contributed by atoms with Gasteiger partial charge in [-0.05, 0) is 45.4 Å². The van der Waals surface area contributed by atoms with E-state index in [0.29, 0.717) is 0 Å². The zero-order valence-electron chi connectivity index (χ0n) is 10.3. The molecular weight excluding hydrogens is 198 g/mol. The Morgan fingerprint density at radius 2 is 2.06 bits per heavy atom. The molecule has 1 fully saturated rings. The molecule has 1 unspecified atom stereocenters. The molecule has 88 valence electrons. The van der Waals surface area contributed by atoms with Crippen LogP contribution in [0.25, 0.3) is 0 Å². The normalized spacial score (nSPS) is 21.2. The van der Waals surface area contributed by atoms with Crippen molar-refractivity contribution in [2.24, 2.45) is 0 Å². The van der Waals surface area contributed by atoms with Crippen molar-refractivity contribution in [2.75, 3.05) is 19.7 Å². The zero-order chi connectivity index (χ0) is 11.4. The molecular formula is C14H21NO. The summed E-state index contributed by atoms with van der Waals surface area (Å²) in [7, 11) is 0. The van der Waals surface area contributed by atoms with E-state index in [1.807, 2.05) is 12.1 Å². The molecule has 0 radical (unpaired) electrons. The molecule has 1 saturated heterocycles. The Balaban J connectivity index is 1.73. The lowest BCUT2D eigenvalue weighted by Crippen LogP contribution is -2.31. The lowest BCUT2D eigenvalue weighted by Gasteiger charge is -2.20. The fourth-order valence-corrected chi connectivity index (χ4v) is 2.24. The minimum Gasteiger partial charge on any atom is -0.492 e. The molecule has 1 aromatic rings. The van der Waals surface area contributed by atoms with Crippen molar-refractivity contribution >= 4 is 0 Å². The smallest absolute Gasteiger partial charge is 0.119 e. The third-order valence-electron chi connectivity index (χ3n) is 3.36. The van der Waals surface area contributed by atoms with E-state index < -0.39 is 0 Å². The molecule has 0 saturated carbocycles. The Morgan fingerprint density at radius 3 is 2.69 bits per heavy atom. The number of rotatable bonds is 4. The van der Waals surface area contributed by atoms with E-state index in [9.17, 15) is 0 Å². The van der Waals surface area contributed by atoms with Gasteiger partial charge in [0.25, 0.3) is 0 Å². The third-order valence-corrected chi connectivity index (χ3v) is 3.36. The van der Waals surface area contributed by atoms with Gasteiger partial charge in [-0.25, -0.2) is 0 Å². The maximum atomic E-state index is 5.73. The van der Waals surface area contributed by atoms with Gasteiger partial charge in [0.2, 0.25) is 0 Å². The van der Waals surface area contributed by atoms with Crippen molar-refractivity contribution in [3.8, 4) is 5.75 Å². The SMILES string of the molecule is Cc1ccc(OCCN2CCCC2C)cc1. The second kappa shape index (κ2) is 5.35. The van der Waals surface area contributed by atoms with E-state index in [1.54, 1.807) is 0 Å². The molecule has 2 heteroatoms. The highest BCUT2D eigenvalue weighted by Crippen LogP contribution is 2.16. The van der Waals surface area contributed by atoms with E-state index in [1.165, 1.54) is 24.9 Å². The summed E-state index contributed by atoms with van der Waals surface area (Å²) in [6.45, 7) is 7.48. The number of ether oxygens (including phenoxy) is 1. The molecule has 1 heterocycles. The Kier molecular flexibility index (Phi) is 3.83. The topological polar surface area (TPSA) is 12.5 Å². The van der Waals surface area contributed by atoms with Crippen LogP contribution in [0.5, 0.6) is 5.75 Å². The molecule has 0 aromatic heterocycles. The summed E-state index contributed by atoms with van der Waals surface area (Å²) in [5.41, 5.74) is 1.28. The van der Waals surface area contributed by atoms with Crippen molar-refractivity contribution in [3.05, 3.63) is 29.8 Å². The van der Waals surface area contributed by atoms with Gasteiger partial charge >= 0.3 is 0 Å². The lowest BCUT2D eigenvalue weighted by atomic mass is 10.2. The molecule has 1 aromatic carbocycles. The molecule has 0 N–H and O–H groups in total. The first-order chi connectivity index (χ1) is 7.75. The molecule has 0 amide bonds. The van der Waals surface area contributed by atoms with Gasteiger partial charge in [-0.2, -0.15) is 0 Å². The molecule has 16 heavy (non-hydrogen) atoms. The summed E-state index contributed by atoms with van der Waals surface area (Å²) < 4.78 is 5.73. The van der Waals surface area contributed by atoms with Gasteiger partial charge in [-0.15, -0.1) is 0 Å². The summed E-state index contributed by atoms with van der Waals surface area (Å²) >= 11 is 0. The first kappa shape index (κ1) is 11.5. The fraction of sp³-hybridized carbons (Fsp3) is 0.571. The number of hydrogen-bond acceptors (Lipinski definition) is 2. The average molecular weight is 219 g/mol. The Labute approximate surface area is 98.2 Å². The molecule has 2 nitrogen and oxygen atoms in total. The number of likely N-dealkylation sites (tertiary alicyclic amines) is 1. The Hall–Kier alpha value is -1.02. The second-order valence-electron chi connectivity index (χ2n) is 4.69. The van der Waals surface area contributed by atoms with Crippen molar-refractivity contribution in [1.29, 1.82) is 0 Å². The minimum absolute atomic E-state index is 0.738. The van der Waals surface area contributed by atoms with Gasteiger partial charge in [0.05, 0.1) is 0 Å². The van der Waals surface area contributed by atoms with E-state index in [2.05, 4.69) is 30.9 Å². The highest BCUT2D eigenvalue weighted by atomic mass is 16.5. The van der Waals surface area contributed by atoms with Crippen molar-refractivity contribution in [1.82, 2.24) is 4.90 Å². The maximum absolute atomic E-state index is 5.73. The quantitative estimate of drug-likeness (QED) is 0.772. The summed E-state index contributed by atoms with van der Waals surface area (Å²) in [6.07, 6.45) is 2.68. The van der Waals surface area contributed by atoms with Crippen LogP contribution in [-0.4, -0.2) is 30.6 Å². The summed E-state index contributed by atoms with van der Waals surface area (Å²) in [6, 6.07) is 9.01. The molecule has 0 aliphatic carbocycles. The van der Waals surface area contributed by atoms with Gasteiger partial charge in [-0.1, -0.05) is 17.7 Å². The summed E-state index contributed by atoms with van der Waals surface area (Å²) in [4.78, 5) is 2.51. The molecule has 2 rings (SSSR count). The lowest BCUT2D eigenvalue weighted by molar-refractivity contribution is 0.204. The van der Waals surface area contributed by atoms with Crippen LogP contribution in [0.15, 0.2) is 24.3 Å². The predicted octanol–water partition coefficient (Wildman–Crippen LogP) is 2.86. The molecule has 0 spiro atoms. The van der Waals surface area contributed by atoms with Gasteiger partial charge in [0.15, 0.2) is 0 Å². The zero-order valence-corrected chi connectivity index (χ0v) is 10.3. The van der Waals surface area contributed by atoms with Gasteiger partial charge in [-0.3, -0.25) is 4.90 Å². The van der Waals surface area contributed by atoms with Crippen molar-refractivity contribution in [2.45, 2.75) is 32.7 Å². The molecule has 0 bridgehead atoms. The average Bonchev–Trinajstić information content (AvgIpc) is 2.68. The van der Waals surface area contributed by atoms with Gasteiger partial charge in [0, 0.05) is 12.6 Å². The number of aryl methyl sites for hydroxylation is 1. The molecule has 1 atom stereocenters. The van der Waals surface area contributed by atoms with Crippen LogP contribution in [0.2, 0.25) is 0 Å². The molecule has 1 aliphatic rings. The third kappa shape index (κ3) is 2.99. The van der Waals surface area contributed by atoms with Crippen LogP contribution in [0.1, 0.15) is 25.3 Å². The standard InChI is InChI=1S/C14H21NO/c1-12-5-7-14(8-6-12)16-11-10-15-9-3-4-13(15)2/h5-8,13H,3-4,9-11H2,1-2H3. The van der Waals surface area contributed by atoms with E-state index >= 15 is 0 Å².